The zero-order valence-electron chi connectivity index (χ0n) is 23.6. The van der Waals surface area contributed by atoms with Crippen molar-refractivity contribution in [3.8, 4) is 0 Å². The van der Waals surface area contributed by atoms with E-state index in [0.29, 0.717) is 6.61 Å². The molecule has 4 nitrogen and oxygen atoms in total. The van der Waals surface area contributed by atoms with Gasteiger partial charge in [0.15, 0.2) is 0 Å². The smallest absolute Gasteiger partial charge is 0.331 e. The Labute approximate surface area is 218 Å². The van der Waals surface area contributed by atoms with Gasteiger partial charge in [-0.2, -0.15) is 0 Å². The maximum absolute atomic E-state index is 11.8. The van der Waals surface area contributed by atoms with Crippen molar-refractivity contribution in [3.63, 3.8) is 0 Å². The number of hydrogen-bond donors (Lipinski definition) is 0. The number of ether oxygens (including phenoxy) is 2. The van der Waals surface area contributed by atoms with E-state index < -0.39 is 11.9 Å². The molecule has 0 saturated carbocycles. The average molecular weight is 495 g/mol. The number of carbonyl (C=O) groups is 2. The molecule has 0 spiro atoms. The second-order valence-electron chi connectivity index (χ2n) is 10.3. The van der Waals surface area contributed by atoms with Gasteiger partial charge >= 0.3 is 11.9 Å². The SMILES string of the molecule is CCCCCCCCCCCCCCCCCOC(=O)/C=C/C(=O)OC(C)CCCCCCCC. The van der Waals surface area contributed by atoms with Crippen molar-refractivity contribution in [3.05, 3.63) is 12.2 Å². The maximum Gasteiger partial charge on any atom is 0.331 e. The van der Waals surface area contributed by atoms with Crippen LogP contribution < -0.4 is 0 Å². The lowest BCUT2D eigenvalue weighted by atomic mass is 10.0. The first-order valence-electron chi connectivity index (χ1n) is 15.2. The molecule has 0 aromatic rings. The lowest BCUT2D eigenvalue weighted by molar-refractivity contribution is -0.143. The van der Waals surface area contributed by atoms with Crippen LogP contribution in [0.1, 0.15) is 162 Å². The molecule has 1 unspecified atom stereocenters. The van der Waals surface area contributed by atoms with Crippen molar-refractivity contribution < 1.29 is 19.1 Å². The molecular formula is C31H58O4. The van der Waals surface area contributed by atoms with Crippen LogP contribution in [0, 0.1) is 0 Å². The van der Waals surface area contributed by atoms with E-state index in [9.17, 15) is 9.59 Å². The predicted molar refractivity (Wildman–Crippen MR) is 149 cm³/mol. The van der Waals surface area contributed by atoms with Crippen LogP contribution in [-0.4, -0.2) is 24.6 Å². The summed E-state index contributed by atoms with van der Waals surface area (Å²) in [6, 6.07) is 0. The summed E-state index contributed by atoms with van der Waals surface area (Å²) in [5.74, 6) is -0.928. The van der Waals surface area contributed by atoms with Gasteiger partial charge < -0.3 is 9.47 Å². The third-order valence-corrected chi connectivity index (χ3v) is 6.63. The molecule has 0 bridgehead atoms. The van der Waals surface area contributed by atoms with E-state index in [1.54, 1.807) is 0 Å². The van der Waals surface area contributed by atoms with Gasteiger partial charge in [0.25, 0.3) is 0 Å². The Hall–Kier alpha value is -1.32. The Balaban J connectivity index is 3.46. The minimum Gasteiger partial charge on any atom is -0.463 e. The second-order valence-corrected chi connectivity index (χ2v) is 10.3. The third-order valence-electron chi connectivity index (χ3n) is 6.63. The molecule has 0 radical (unpaired) electrons. The van der Waals surface area contributed by atoms with Crippen molar-refractivity contribution in [2.75, 3.05) is 6.61 Å². The minimum atomic E-state index is -0.465. The van der Waals surface area contributed by atoms with E-state index in [4.69, 9.17) is 9.47 Å². The van der Waals surface area contributed by atoms with Crippen LogP contribution in [0.5, 0.6) is 0 Å². The normalized spacial score (nSPS) is 12.2. The van der Waals surface area contributed by atoms with Crippen LogP contribution in [-0.2, 0) is 19.1 Å². The summed E-state index contributed by atoms with van der Waals surface area (Å²) < 4.78 is 10.5. The van der Waals surface area contributed by atoms with Crippen molar-refractivity contribution in [1.29, 1.82) is 0 Å². The molecule has 0 aliphatic carbocycles. The topological polar surface area (TPSA) is 52.6 Å². The first kappa shape index (κ1) is 33.7. The Morgan fingerprint density at radius 2 is 0.914 bits per heavy atom. The van der Waals surface area contributed by atoms with Crippen LogP contribution in [0.4, 0.5) is 0 Å². The molecule has 0 aromatic heterocycles. The van der Waals surface area contributed by atoms with Gasteiger partial charge in [0, 0.05) is 12.2 Å². The van der Waals surface area contributed by atoms with Gasteiger partial charge in [-0.05, 0) is 26.2 Å². The fraction of sp³-hybridized carbons (Fsp3) is 0.871. The highest BCUT2D eigenvalue weighted by Crippen LogP contribution is 2.13. The van der Waals surface area contributed by atoms with Gasteiger partial charge in [0.1, 0.15) is 0 Å². The Morgan fingerprint density at radius 1 is 0.543 bits per heavy atom. The van der Waals surface area contributed by atoms with Crippen LogP contribution in [0.3, 0.4) is 0 Å². The third kappa shape index (κ3) is 27.1. The molecule has 0 heterocycles. The summed E-state index contributed by atoms with van der Waals surface area (Å²) in [5.41, 5.74) is 0. The summed E-state index contributed by atoms with van der Waals surface area (Å²) in [7, 11) is 0. The zero-order valence-corrected chi connectivity index (χ0v) is 23.6. The Morgan fingerprint density at radius 3 is 1.37 bits per heavy atom. The standard InChI is InChI=1S/C31H58O4/c1-4-6-8-10-12-13-14-15-16-17-18-19-20-22-24-28-34-30(32)26-27-31(33)35-29(3)25-23-21-11-9-7-5-2/h26-27,29H,4-25,28H2,1-3H3/b27-26+. The molecule has 0 rings (SSSR count). The van der Waals surface area contributed by atoms with Crippen LogP contribution in [0.15, 0.2) is 12.2 Å². The molecule has 0 aliphatic rings. The quantitative estimate of drug-likeness (QED) is 0.0682. The highest BCUT2D eigenvalue weighted by molar-refractivity contribution is 5.91. The summed E-state index contributed by atoms with van der Waals surface area (Å²) >= 11 is 0. The van der Waals surface area contributed by atoms with Crippen molar-refractivity contribution >= 4 is 11.9 Å². The van der Waals surface area contributed by atoms with Gasteiger partial charge in [-0.1, -0.05) is 136 Å². The van der Waals surface area contributed by atoms with E-state index in [1.807, 2.05) is 6.92 Å². The lowest BCUT2D eigenvalue weighted by Gasteiger charge is -2.11. The highest BCUT2D eigenvalue weighted by atomic mass is 16.5. The van der Waals surface area contributed by atoms with Gasteiger partial charge in [-0.15, -0.1) is 0 Å². The molecule has 206 valence electrons. The molecule has 0 N–H and O–H groups in total. The second kappa shape index (κ2) is 27.3. The van der Waals surface area contributed by atoms with Gasteiger partial charge in [-0.3, -0.25) is 0 Å². The van der Waals surface area contributed by atoms with Gasteiger partial charge in [0.05, 0.1) is 12.7 Å². The fourth-order valence-electron chi connectivity index (χ4n) is 4.34. The monoisotopic (exact) mass is 494 g/mol. The molecule has 35 heavy (non-hydrogen) atoms. The fourth-order valence-corrected chi connectivity index (χ4v) is 4.34. The summed E-state index contributed by atoms with van der Waals surface area (Å²) in [6.07, 6.45) is 30.2. The molecule has 1 atom stereocenters. The first-order valence-corrected chi connectivity index (χ1v) is 15.2. The van der Waals surface area contributed by atoms with Crippen LogP contribution in [0.2, 0.25) is 0 Å². The molecule has 4 heteroatoms. The van der Waals surface area contributed by atoms with Gasteiger partial charge in [0.2, 0.25) is 0 Å². The zero-order chi connectivity index (χ0) is 25.8. The first-order chi connectivity index (χ1) is 17.1. The van der Waals surface area contributed by atoms with E-state index in [-0.39, 0.29) is 6.10 Å². The lowest BCUT2D eigenvalue weighted by Crippen LogP contribution is -2.13. The van der Waals surface area contributed by atoms with Gasteiger partial charge in [-0.25, -0.2) is 9.59 Å². The molecule has 0 fully saturated rings. The number of esters is 2. The molecule has 0 aromatic carbocycles. The summed E-state index contributed by atoms with van der Waals surface area (Å²) in [5, 5.41) is 0. The predicted octanol–water partition coefficient (Wildman–Crippen LogP) is 9.64. The van der Waals surface area contributed by atoms with Crippen molar-refractivity contribution in [2.45, 2.75) is 168 Å². The maximum atomic E-state index is 11.8. The van der Waals surface area contributed by atoms with Crippen molar-refractivity contribution in [2.24, 2.45) is 0 Å². The van der Waals surface area contributed by atoms with Crippen LogP contribution >= 0.6 is 0 Å². The highest BCUT2D eigenvalue weighted by Gasteiger charge is 2.07. The Bertz CT molecular complexity index is 500. The molecular weight excluding hydrogens is 436 g/mol. The van der Waals surface area contributed by atoms with E-state index in [1.165, 1.54) is 128 Å². The number of hydrogen-bond acceptors (Lipinski definition) is 4. The summed E-state index contributed by atoms with van der Waals surface area (Å²) in [4.78, 5) is 23.6. The molecule has 0 amide bonds. The summed E-state index contributed by atoms with van der Waals surface area (Å²) in [6.45, 7) is 6.82. The molecule has 0 aliphatic heterocycles. The van der Waals surface area contributed by atoms with Crippen LogP contribution in [0.25, 0.3) is 0 Å². The number of unbranched alkanes of at least 4 members (excludes halogenated alkanes) is 19. The average Bonchev–Trinajstić information content (AvgIpc) is 2.84. The Kier molecular flexibility index (Phi) is 26.2. The van der Waals surface area contributed by atoms with E-state index in [2.05, 4.69) is 13.8 Å². The molecule has 0 saturated heterocycles. The number of rotatable bonds is 26. The van der Waals surface area contributed by atoms with E-state index >= 15 is 0 Å². The minimum absolute atomic E-state index is 0.116. The number of carbonyl (C=O) groups excluding carboxylic acids is 2. The van der Waals surface area contributed by atoms with Crippen molar-refractivity contribution in [1.82, 2.24) is 0 Å². The van der Waals surface area contributed by atoms with E-state index in [0.717, 1.165) is 25.7 Å². The largest absolute Gasteiger partial charge is 0.463 e.